The fraction of sp³-hybridized carbons (Fsp3) is 0.167. The highest BCUT2D eigenvalue weighted by atomic mass is 35.5. The molecule has 0 amide bonds. The topological polar surface area (TPSA) is 38.5 Å². The Balaban J connectivity index is 2.31. The third-order valence-electron chi connectivity index (χ3n) is 2.38. The molecule has 1 aromatic carbocycles. The van der Waals surface area contributed by atoms with Crippen LogP contribution in [0.2, 0.25) is 5.02 Å². The number of halogens is 1. The summed E-state index contributed by atoms with van der Waals surface area (Å²) in [7, 11) is 1.66. The van der Waals surface area contributed by atoms with Crippen LogP contribution in [0.25, 0.3) is 0 Å². The quantitative estimate of drug-likeness (QED) is 0.858. The van der Waals surface area contributed by atoms with Crippen molar-refractivity contribution in [1.29, 1.82) is 0 Å². The molecule has 0 radical (unpaired) electrons. The van der Waals surface area contributed by atoms with E-state index in [4.69, 9.17) is 22.1 Å². The second-order valence-electron chi connectivity index (χ2n) is 3.50. The lowest BCUT2D eigenvalue weighted by Crippen LogP contribution is -2.33. The monoisotopic (exact) mass is 236 g/mol. The maximum absolute atomic E-state index is 5.85. The smallest absolute Gasteiger partial charge is 0.153 e. The zero-order valence-electron chi connectivity index (χ0n) is 8.93. The first-order chi connectivity index (χ1) is 7.70. The second-order valence-corrected chi connectivity index (χ2v) is 3.93. The molecule has 1 atom stereocenters. The van der Waals surface area contributed by atoms with E-state index in [0.29, 0.717) is 10.7 Å². The van der Waals surface area contributed by atoms with Gasteiger partial charge in [0, 0.05) is 29.7 Å². The molecule has 0 bridgehead atoms. The highest BCUT2D eigenvalue weighted by molar-refractivity contribution is 6.30. The van der Waals surface area contributed by atoms with Crippen LogP contribution < -0.4 is 10.6 Å². The van der Waals surface area contributed by atoms with E-state index < -0.39 is 0 Å². The summed E-state index contributed by atoms with van der Waals surface area (Å²) in [4.78, 5) is 1.95. The van der Waals surface area contributed by atoms with Crippen molar-refractivity contribution in [2.75, 3.05) is 12.0 Å². The number of nitrogens with two attached hydrogens (primary N) is 1. The summed E-state index contributed by atoms with van der Waals surface area (Å²) in [5, 5.41) is 0.710. The van der Waals surface area contributed by atoms with Crippen LogP contribution in [0.1, 0.15) is 0 Å². The maximum Gasteiger partial charge on any atom is 0.153 e. The van der Waals surface area contributed by atoms with Gasteiger partial charge in [-0.3, -0.25) is 0 Å². The van der Waals surface area contributed by atoms with E-state index in [1.54, 1.807) is 7.11 Å². The van der Waals surface area contributed by atoms with E-state index in [2.05, 4.69) is 0 Å². The number of rotatable bonds is 2. The summed E-state index contributed by atoms with van der Waals surface area (Å²) in [6.07, 6.45) is 5.45. The summed E-state index contributed by atoms with van der Waals surface area (Å²) in [5.74, 6) is 0. The molecule has 0 spiro atoms. The van der Waals surface area contributed by atoms with Crippen LogP contribution in [0.3, 0.4) is 0 Å². The summed E-state index contributed by atoms with van der Waals surface area (Å²) < 4.78 is 5.34. The van der Waals surface area contributed by atoms with Crippen molar-refractivity contribution in [3.8, 4) is 0 Å². The van der Waals surface area contributed by atoms with Crippen molar-refractivity contribution in [2.45, 2.75) is 6.23 Å². The zero-order chi connectivity index (χ0) is 11.5. The number of allylic oxidation sites excluding steroid dienone is 1. The number of hydrogen-bond acceptors (Lipinski definition) is 3. The third-order valence-corrected chi connectivity index (χ3v) is 2.63. The number of nitrogens with zero attached hydrogens (tertiary/aromatic N) is 1. The van der Waals surface area contributed by atoms with Crippen LogP contribution in [0, 0.1) is 0 Å². The SMILES string of the molecule is COC1C=CC(N)=CN1c1ccc(Cl)cc1. The standard InChI is InChI=1S/C12H13ClN2O/c1-16-12-7-4-10(14)8-15(12)11-5-2-9(13)3-6-11/h2-8,12H,14H2,1H3. The molecule has 84 valence electrons. The normalized spacial score (nSPS) is 19.8. The van der Waals surface area contributed by atoms with Crippen molar-refractivity contribution in [1.82, 2.24) is 0 Å². The van der Waals surface area contributed by atoms with Crippen molar-refractivity contribution < 1.29 is 4.74 Å². The molecule has 0 aromatic heterocycles. The molecule has 1 unspecified atom stereocenters. The Bertz CT molecular complexity index is 425. The number of methoxy groups -OCH3 is 1. The molecule has 0 saturated carbocycles. The number of ether oxygens (including phenoxy) is 1. The Morgan fingerprint density at radius 2 is 2.00 bits per heavy atom. The van der Waals surface area contributed by atoms with Crippen LogP contribution in [0.4, 0.5) is 5.69 Å². The first-order valence-electron chi connectivity index (χ1n) is 4.93. The Morgan fingerprint density at radius 1 is 1.31 bits per heavy atom. The van der Waals surface area contributed by atoms with Gasteiger partial charge in [-0.05, 0) is 36.4 Å². The molecular formula is C12H13ClN2O. The predicted molar refractivity (Wildman–Crippen MR) is 66.1 cm³/mol. The molecule has 0 fully saturated rings. The van der Waals surface area contributed by atoms with Crippen LogP contribution in [0.15, 0.2) is 48.3 Å². The lowest BCUT2D eigenvalue weighted by atomic mass is 10.2. The summed E-state index contributed by atoms with van der Waals surface area (Å²) in [6, 6.07) is 7.53. The molecule has 0 aliphatic carbocycles. The van der Waals surface area contributed by atoms with Crippen LogP contribution in [-0.2, 0) is 4.74 Å². The molecule has 3 nitrogen and oxygen atoms in total. The predicted octanol–water partition coefficient (Wildman–Crippen LogP) is 2.49. The van der Waals surface area contributed by atoms with Gasteiger partial charge in [0.1, 0.15) is 0 Å². The summed E-state index contributed by atoms with van der Waals surface area (Å²) >= 11 is 5.85. The fourth-order valence-electron chi connectivity index (χ4n) is 1.59. The van der Waals surface area contributed by atoms with Crippen LogP contribution in [-0.4, -0.2) is 13.3 Å². The van der Waals surface area contributed by atoms with Gasteiger partial charge in [-0.2, -0.15) is 0 Å². The Morgan fingerprint density at radius 3 is 2.62 bits per heavy atom. The third kappa shape index (κ3) is 2.21. The number of hydrogen-bond donors (Lipinski definition) is 1. The molecule has 4 heteroatoms. The van der Waals surface area contributed by atoms with Crippen molar-refractivity contribution in [3.05, 3.63) is 53.3 Å². The van der Waals surface area contributed by atoms with E-state index in [-0.39, 0.29) is 6.23 Å². The average molecular weight is 237 g/mol. The molecule has 1 aromatic rings. The van der Waals surface area contributed by atoms with Gasteiger partial charge in [-0.15, -0.1) is 0 Å². The lowest BCUT2D eigenvalue weighted by Gasteiger charge is -2.30. The lowest BCUT2D eigenvalue weighted by molar-refractivity contribution is 0.143. The van der Waals surface area contributed by atoms with Gasteiger partial charge in [0.25, 0.3) is 0 Å². The van der Waals surface area contributed by atoms with Gasteiger partial charge >= 0.3 is 0 Å². The highest BCUT2D eigenvalue weighted by Gasteiger charge is 2.17. The van der Waals surface area contributed by atoms with E-state index >= 15 is 0 Å². The van der Waals surface area contributed by atoms with E-state index in [1.807, 2.05) is 47.5 Å². The minimum atomic E-state index is -0.131. The van der Waals surface area contributed by atoms with Crippen LogP contribution >= 0.6 is 11.6 Å². The van der Waals surface area contributed by atoms with Gasteiger partial charge in [0.15, 0.2) is 6.23 Å². The Kier molecular flexibility index (Phi) is 3.17. The van der Waals surface area contributed by atoms with Crippen molar-refractivity contribution >= 4 is 17.3 Å². The maximum atomic E-state index is 5.85. The second kappa shape index (κ2) is 4.60. The van der Waals surface area contributed by atoms with Gasteiger partial charge < -0.3 is 15.4 Å². The van der Waals surface area contributed by atoms with E-state index in [0.717, 1.165) is 5.69 Å². The van der Waals surface area contributed by atoms with Gasteiger partial charge in [-0.25, -0.2) is 0 Å². The van der Waals surface area contributed by atoms with Gasteiger partial charge in [-0.1, -0.05) is 11.6 Å². The van der Waals surface area contributed by atoms with E-state index in [9.17, 15) is 0 Å². The molecule has 1 aliphatic rings. The minimum Gasteiger partial charge on any atom is -0.398 e. The first kappa shape index (κ1) is 11.0. The molecule has 1 aliphatic heterocycles. The highest BCUT2D eigenvalue weighted by Crippen LogP contribution is 2.23. The Labute approximate surface area is 99.8 Å². The zero-order valence-corrected chi connectivity index (χ0v) is 9.69. The first-order valence-corrected chi connectivity index (χ1v) is 5.30. The van der Waals surface area contributed by atoms with Gasteiger partial charge in [0.05, 0.1) is 0 Å². The molecule has 2 N–H and O–H groups in total. The summed E-state index contributed by atoms with van der Waals surface area (Å²) in [6.45, 7) is 0. The molecule has 1 heterocycles. The van der Waals surface area contributed by atoms with Crippen molar-refractivity contribution in [3.63, 3.8) is 0 Å². The molecule has 2 rings (SSSR count). The van der Waals surface area contributed by atoms with Crippen molar-refractivity contribution in [2.24, 2.45) is 5.73 Å². The fourth-order valence-corrected chi connectivity index (χ4v) is 1.72. The van der Waals surface area contributed by atoms with Gasteiger partial charge in [0.2, 0.25) is 0 Å². The number of anilines is 1. The summed E-state index contributed by atoms with van der Waals surface area (Å²) in [5.41, 5.74) is 7.45. The van der Waals surface area contributed by atoms with Crippen LogP contribution in [0.5, 0.6) is 0 Å². The Hall–Kier alpha value is -1.45. The van der Waals surface area contributed by atoms with E-state index in [1.165, 1.54) is 0 Å². The largest absolute Gasteiger partial charge is 0.398 e. The molecular weight excluding hydrogens is 224 g/mol. The average Bonchev–Trinajstić information content (AvgIpc) is 2.30. The molecule has 0 saturated heterocycles. The molecule has 16 heavy (non-hydrogen) atoms. The minimum absolute atomic E-state index is 0.131. The number of benzene rings is 1.